The molecule has 0 spiro atoms. The van der Waals surface area contributed by atoms with E-state index in [-0.39, 0.29) is 0 Å². The third-order valence-electron chi connectivity index (χ3n) is 4.19. The Bertz CT molecular complexity index is 829. The molecule has 0 aliphatic carbocycles. The highest BCUT2D eigenvalue weighted by Gasteiger charge is 2.04. The minimum absolute atomic E-state index is 0.674. The predicted molar refractivity (Wildman–Crippen MR) is 103 cm³/mol. The molecule has 0 aliphatic heterocycles. The predicted octanol–water partition coefficient (Wildman–Crippen LogP) is 5.34. The summed E-state index contributed by atoms with van der Waals surface area (Å²) in [6.07, 6.45) is 2.95. The number of ether oxygens (including phenoxy) is 2. The molecule has 0 bridgehead atoms. The standard InChI is InChI=1S/C22H25NO2/c1-3-18-8-6-10-20(16-18)24-14-4-5-15-25-21-11-7-9-19-13-12-17(2)23-22(19)21/h6-13,16H,3-5,14-15H2,1-2H3. The zero-order valence-corrected chi connectivity index (χ0v) is 15.0. The van der Waals surface area contributed by atoms with E-state index in [0.29, 0.717) is 13.2 Å². The van der Waals surface area contributed by atoms with Gasteiger partial charge in [0.05, 0.1) is 13.2 Å². The first kappa shape index (κ1) is 17.3. The van der Waals surface area contributed by atoms with Gasteiger partial charge < -0.3 is 9.47 Å². The van der Waals surface area contributed by atoms with Crippen molar-refractivity contribution in [1.29, 1.82) is 0 Å². The largest absolute Gasteiger partial charge is 0.494 e. The summed E-state index contributed by atoms with van der Waals surface area (Å²) < 4.78 is 11.8. The third-order valence-corrected chi connectivity index (χ3v) is 4.19. The van der Waals surface area contributed by atoms with Crippen LogP contribution < -0.4 is 9.47 Å². The number of aromatic nitrogens is 1. The molecule has 1 aromatic heterocycles. The van der Waals surface area contributed by atoms with Gasteiger partial charge >= 0.3 is 0 Å². The van der Waals surface area contributed by atoms with Crippen molar-refractivity contribution < 1.29 is 9.47 Å². The minimum atomic E-state index is 0.674. The van der Waals surface area contributed by atoms with Gasteiger partial charge in [-0.1, -0.05) is 37.3 Å². The van der Waals surface area contributed by atoms with Crippen LogP contribution in [-0.2, 0) is 6.42 Å². The zero-order valence-electron chi connectivity index (χ0n) is 15.0. The van der Waals surface area contributed by atoms with Crippen molar-refractivity contribution in [2.24, 2.45) is 0 Å². The molecule has 0 saturated carbocycles. The summed E-state index contributed by atoms with van der Waals surface area (Å²) in [5.74, 6) is 1.81. The van der Waals surface area contributed by atoms with Crippen LogP contribution in [0.3, 0.4) is 0 Å². The van der Waals surface area contributed by atoms with Crippen molar-refractivity contribution in [3.05, 3.63) is 65.9 Å². The Morgan fingerprint density at radius 1 is 0.880 bits per heavy atom. The van der Waals surface area contributed by atoms with E-state index in [1.165, 1.54) is 5.56 Å². The molecule has 1 heterocycles. The SMILES string of the molecule is CCc1cccc(OCCCCOc2cccc3ccc(C)nc23)c1. The summed E-state index contributed by atoms with van der Waals surface area (Å²) in [5.41, 5.74) is 3.25. The second-order valence-electron chi connectivity index (χ2n) is 6.19. The van der Waals surface area contributed by atoms with Crippen LogP contribution in [0.2, 0.25) is 0 Å². The van der Waals surface area contributed by atoms with Crippen LogP contribution in [0, 0.1) is 6.92 Å². The number of hydrogen-bond acceptors (Lipinski definition) is 3. The first-order valence-electron chi connectivity index (χ1n) is 8.97. The molecule has 0 unspecified atom stereocenters. The highest BCUT2D eigenvalue weighted by molar-refractivity contribution is 5.84. The molecule has 0 saturated heterocycles. The molecular formula is C22H25NO2. The van der Waals surface area contributed by atoms with E-state index in [1.807, 2.05) is 37.3 Å². The van der Waals surface area contributed by atoms with Crippen LogP contribution in [0.4, 0.5) is 0 Å². The molecule has 0 N–H and O–H groups in total. The Morgan fingerprint density at radius 2 is 1.68 bits per heavy atom. The number of pyridine rings is 1. The highest BCUT2D eigenvalue weighted by Crippen LogP contribution is 2.24. The number of rotatable bonds is 8. The molecule has 0 amide bonds. The van der Waals surface area contributed by atoms with E-state index in [4.69, 9.17) is 9.47 Å². The first-order valence-corrected chi connectivity index (χ1v) is 8.97. The van der Waals surface area contributed by atoms with E-state index >= 15 is 0 Å². The normalized spacial score (nSPS) is 10.8. The van der Waals surface area contributed by atoms with Crippen LogP contribution in [-0.4, -0.2) is 18.2 Å². The lowest BCUT2D eigenvalue weighted by Crippen LogP contribution is -2.03. The lowest BCUT2D eigenvalue weighted by atomic mass is 10.2. The molecule has 3 aromatic rings. The third kappa shape index (κ3) is 4.72. The summed E-state index contributed by atoms with van der Waals surface area (Å²) >= 11 is 0. The number of hydrogen-bond donors (Lipinski definition) is 0. The maximum Gasteiger partial charge on any atom is 0.145 e. The maximum atomic E-state index is 5.95. The molecule has 3 rings (SSSR count). The van der Waals surface area contributed by atoms with Gasteiger partial charge in [0.1, 0.15) is 17.0 Å². The van der Waals surface area contributed by atoms with Crippen molar-refractivity contribution >= 4 is 10.9 Å². The van der Waals surface area contributed by atoms with Crippen molar-refractivity contribution in [2.75, 3.05) is 13.2 Å². The van der Waals surface area contributed by atoms with Crippen molar-refractivity contribution in [1.82, 2.24) is 4.98 Å². The van der Waals surface area contributed by atoms with Crippen LogP contribution in [0.1, 0.15) is 31.0 Å². The molecular weight excluding hydrogens is 310 g/mol. The van der Waals surface area contributed by atoms with Crippen LogP contribution >= 0.6 is 0 Å². The zero-order chi connectivity index (χ0) is 17.5. The average Bonchev–Trinajstić information content (AvgIpc) is 2.65. The smallest absolute Gasteiger partial charge is 0.145 e. The second-order valence-corrected chi connectivity index (χ2v) is 6.19. The summed E-state index contributed by atoms with van der Waals surface area (Å²) in [6, 6.07) is 18.5. The van der Waals surface area contributed by atoms with Crippen molar-refractivity contribution in [2.45, 2.75) is 33.1 Å². The molecule has 3 heteroatoms. The molecule has 25 heavy (non-hydrogen) atoms. The first-order chi connectivity index (χ1) is 12.3. The summed E-state index contributed by atoms with van der Waals surface area (Å²) in [7, 11) is 0. The van der Waals surface area contributed by atoms with E-state index in [2.05, 4.69) is 36.2 Å². The fraction of sp³-hybridized carbons (Fsp3) is 0.318. The van der Waals surface area contributed by atoms with E-state index in [0.717, 1.165) is 47.4 Å². The quantitative estimate of drug-likeness (QED) is 0.520. The van der Waals surface area contributed by atoms with Crippen molar-refractivity contribution in [3.8, 4) is 11.5 Å². The van der Waals surface area contributed by atoms with Gasteiger partial charge in [0.25, 0.3) is 0 Å². The van der Waals surface area contributed by atoms with E-state index < -0.39 is 0 Å². The van der Waals surface area contributed by atoms with Crippen LogP contribution in [0.15, 0.2) is 54.6 Å². The number of para-hydroxylation sites is 1. The monoisotopic (exact) mass is 335 g/mol. The van der Waals surface area contributed by atoms with Crippen LogP contribution in [0.25, 0.3) is 10.9 Å². The van der Waals surface area contributed by atoms with Gasteiger partial charge in [0.15, 0.2) is 0 Å². The number of unbranched alkanes of at least 4 members (excludes halogenated alkanes) is 1. The number of nitrogens with zero attached hydrogens (tertiary/aromatic N) is 1. The van der Waals surface area contributed by atoms with Gasteiger partial charge in [0.2, 0.25) is 0 Å². The van der Waals surface area contributed by atoms with E-state index in [9.17, 15) is 0 Å². The Labute approximate surface area is 149 Å². The maximum absolute atomic E-state index is 5.95. The van der Waals surface area contributed by atoms with Gasteiger partial charge in [0, 0.05) is 11.1 Å². The molecule has 3 nitrogen and oxygen atoms in total. The number of aryl methyl sites for hydroxylation is 2. The van der Waals surface area contributed by atoms with Gasteiger partial charge in [-0.05, 0) is 56.0 Å². The Morgan fingerprint density at radius 3 is 2.52 bits per heavy atom. The van der Waals surface area contributed by atoms with Gasteiger partial charge in [-0.25, -0.2) is 4.98 Å². The van der Waals surface area contributed by atoms with Gasteiger partial charge in [-0.2, -0.15) is 0 Å². The minimum Gasteiger partial charge on any atom is -0.494 e. The lowest BCUT2D eigenvalue weighted by molar-refractivity contribution is 0.267. The van der Waals surface area contributed by atoms with E-state index in [1.54, 1.807) is 0 Å². The molecule has 0 radical (unpaired) electrons. The fourth-order valence-corrected chi connectivity index (χ4v) is 2.77. The summed E-state index contributed by atoms with van der Waals surface area (Å²) in [6.45, 7) is 5.54. The molecule has 0 fully saturated rings. The van der Waals surface area contributed by atoms with Crippen molar-refractivity contribution in [3.63, 3.8) is 0 Å². The molecule has 2 aromatic carbocycles. The second kappa shape index (κ2) is 8.52. The summed E-state index contributed by atoms with van der Waals surface area (Å²) in [4.78, 5) is 4.60. The average molecular weight is 335 g/mol. The van der Waals surface area contributed by atoms with Gasteiger partial charge in [-0.15, -0.1) is 0 Å². The Balaban J connectivity index is 1.45. The topological polar surface area (TPSA) is 31.4 Å². The summed E-state index contributed by atoms with van der Waals surface area (Å²) in [5, 5.41) is 1.11. The molecule has 130 valence electrons. The Kier molecular flexibility index (Phi) is 5.89. The van der Waals surface area contributed by atoms with Crippen LogP contribution in [0.5, 0.6) is 11.5 Å². The Hall–Kier alpha value is -2.55. The highest BCUT2D eigenvalue weighted by atomic mass is 16.5. The fourth-order valence-electron chi connectivity index (χ4n) is 2.77. The van der Waals surface area contributed by atoms with Gasteiger partial charge in [-0.3, -0.25) is 0 Å². The molecule has 0 atom stereocenters. The number of benzene rings is 2. The number of fused-ring (bicyclic) bond motifs is 1. The lowest BCUT2D eigenvalue weighted by Gasteiger charge is -2.10. The molecule has 0 aliphatic rings.